The molecule has 0 spiro atoms. The summed E-state index contributed by atoms with van der Waals surface area (Å²) in [5.74, 6) is -0.0701. The Morgan fingerprint density at radius 2 is 2.44 bits per heavy atom. The van der Waals surface area contributed by atoms with Gasteiger partial charge in [-0.2, -0.15) is 5.10 Å². The normalized spacial score (nSPS) is 16.4. The number of aromatic nitrogens is 2. The van der Waals surface area contributed by atoms with Crippen LogP contribution < -0.4 is 0 Å². The van der Waals surface area contributed by atoms with E-state index in [0.717, 1.165) is 18.0 Å². The summed E-state index contributed by atoms with van der Waals surface area (Å²) in [6.45, 7) is 2.80. The van der Waals surface area contributed by atoms with Crippen LogP contribution in [0.1, 0.15) is 31.7 Å². The van der Waals surface area contributed by atoms with Crippen molar-refractivity contribution in [3.8, 4) is 0 Å². The van der Waals surface area contributed by atoms with E-state index in [1.165, 1.54) is 12.8 Å². The molecule has 4 heteroatoms. The first-order chi connectivity index (χ1) is 7.69. The molecule has 1 aliphatic rings. The van der Waals surface area contributed by atoms with E-state index >= 15 is 0 Å². The molecular weight excluding hydrogens is 204 g/mol. The first-order valence-electron chi connectivity index (χ1n) is 5.65. The van der Waals surface area contributed by atoms with Crippen LogP contribution in [0.2, 0.25) is 0 Å². The fourth-order valence-corrected chi connectivity index (χ4v) is 1.64. The zero-order chi connectivity index (χ0) is 11.5. The minimum atomic E-state index is -0.850. The highest BCUT2D eigenvalue weighted by Crippen LogP contribution is 2.30. The summed E-state index contributed by atoms with van der Waals surface area (Å²) in [7, 11) is 0. The van der Waals surface area contributed by atoms with Crippen molar-refractivity contribution in [1.29, 1.82) is 0 Å². The van der Waals surface area contributed by atoms with Crippen molar-refractivity contribution < 1.29 is 9.90 Å². The van der Waals surface area contributed by atoms with Gasteiger partial charge in [0.2, 0.25) is 0 Å². The van der Waals surface area contributed by atoms with Crippen LogP contribution in [0.5, 0.6) is 0 Å². The number of carboxylic acid groups (broad SMARTS) is 1. The topological polar surface area (TPSA) is 55.1 Å². The first-order valence-corrected chi connectivity index (χ1v) is 5.65. The molecule has 1 aromatic rings. The lowest BCUT2D eigenvalue weighted by Crippen LogP contribution is -1.99. The van der Waals surface area contributed by atoms with Crippen molar-refractivity contribution in [3.63, 3.8) is 0 Å². The Balaban J connectivity index is 2.07. The van der Waals surface area contributed by atoms with E-state index in [-0.39, 0.29) is 0 Å². The molecule has 0 aliphatic heterocycles. The van der Waals surface area contributed by atoms with Crippen LogP contribution in [0.3, 0.4) is 0 Å². The molecule has 0 amide bonds. The molecule has 0 aromatic carbocycles. The molecule has 0 bridgehead atoms. The highest BCUT2D eigenvalue weighted by molar-refractivity contribution is 5.91. The second-order valence-corrected chi connectivity index (χ2v) is 4.27. The maximum atomic E-state index is 10.8. The number of hydrogen-bond acceptors (Lipinski definition) is 2. The van der Waals surface area contributed by atoms with Gasteiger partial charge in [0.15, 0.2) is 0 Å². The Bertz CT molecular complexity index is 416. The van der Waals surface area contributed by atoms with Gasteiger partial charge in [-0.3, -0.25) is 4.68 Å². The molecule has 0 unspecified atom stereocenters. The molecule has 4 nitrogen and oxygen atoms in total. The molecule has 1 heterocycles. The predicted octanol–water partition coefficient (Wildman–Crippen LogP) is 2.17. The number of hydrogen-bond donors (Lipinski definition) is 1. The quantitative estimate of drug-likeness (QED) is 0.774. The van der Waals surface area contributed by atoms with Crippen molar-refractivity contribution in [2.24, 2.45) is 5.92 Å². The van der Waals surface area contributed by atoms with E-state index in [1.54, 1.807) is 12.3 Å². The van der Waals surface area contributed by atoms with Crippen LogP contribution in [0.4, 0.5) is 0 Å². The lowest BCUT2D eigenvalue weighted by Gasteiger charge is -1.97. The van der Waals surface area contributed by atoms with Gasteiger partial charge in [-0.05, 0) is 31.3 Å². The van der Waals surface area contributed by atoms with E-state index in [2.05, 4.69) is 5.10 Å². The average Bonchev–Trinajstić information content (AvgIpc) is 2.93. The summed E-state index contributed by atoms with van der Waals surface area (Å²) in [4.78, 5) is 10.8. The monoisotopic (exact) mass is 220 g/mol. The molecule has 0 radical (unpaired) electrons. The van der Waals surface area contributed by atoms with Crippen LogP contribution in [0, 0.1) is 5.92 Å². The number of nitrogens with zero attached hydrogens (tertiary/aromatic N) is 2. The van der Waals surface area contributed by atoms with Gasteiger partial charge in [0.25, 0.3) is 0 Å². The highest BCUT2D eigenvalue weighted by atomic mass is 16.4. The Kier molecular flexibility index (Phi) is 3.08. The molecule has 1 aromatic heterocycles. The smallest absolute Gasteiger partial charge is 0.331 e. The van der Waals surface area contributed by atoms with Crippen LogP contribution >= 0.6 is 0 Å². The van der Waals surface area contributed by atoms with E-state index in [0.29, 0.717) is 12.0 Å². The van der Waals surface area contributed by atoms with Gasteiger partial charge in [0, 0.05) is 23.9 Å². The summed E-state index contributed by atoms with van der Waals surface area (Å²) in [5, 5.41) is 13.1. The van der Waals surface area contributed by atoms with Crippen LogP contribution in [0.15, 0.2) is 18.0 Å². The van der Waals surface area contributed by atoms with Gasteiger partial charge in [-0.15, -0.1) is 0 Å². The predicted molar refractivity (Wildman–Crippen MR) is 60.9 cm³/mol. The SMILES string of the molecule is CC/C(=C\c1cnn(CC2CC2)c1)C(=O)O. The minimum absolute atomic E-state index is 0.422. The van der Waals surface area contributed by atoms with Crippen molar-refractivity contribution in [1.82, 2.24) is 9.78 Å². The Morgan fingerprint density at radius 3 is 3.00 bits per heavy atom. The maximum Gasteiger partial charge on any atom is 0.331 e. The van der Waals surface area contributed by atoms with Gasteiger partial charge in [-0.1, -0.05) is 6.92 Å². The van der Waals surface area contributed by atoms with Gasteiger partial charge in [0.1, 0.15) is 0 Å². The van der Waals surface area contributed by atoms with Crippen LogP contribution in [0.25, 0.3) is 6.08 Å². The van der Waals surface area contributed by atoms with E-state index < -0.39 is 5.97 Å². The summed E-state index contributed by atoms with van der Waals surface area (Å²) >= 11 is 0. The lowest BCUT2D eigenvalue weighted by atomic mass is 10.1. The molecule has 1 saturated carbocycles. The summed E-state index contributed by atoms with van der Waals surface area (Å²) in [5.41, 5.74) is 1.30. The molecule has 1 aliphatic carbocycles. The van der Waals surface area contributed by atoms with Gasteiger partial charge < -0.3 is 5.11 Å². The Labute approximate surface area is 94.6 Å². The number of rotatable bonds is 5. The van der Waals surface area contributed by atoms with E-state index in [4.69, 9.17) is 5.11 Å². The molecular formula is C12H16N2O2. The Morgan fingerprint density at radius 1 is 1.69 bits per heavy atom. The van der Waals surface area contributed by atoms with E-state index in [1.807, 2.05) is 17.8 Å². The summed E-state index contributed by atoms with van der Waals surface area (Å²) in [6, 6.07) is 0. The van der Waals surface area contributed by atoms with Gasteiger partial charge in [-0.25, -0.2) is 4.79 Å². The second-order valence-electron chi connectivity index (χ2n) is 4.27. The lowest BCUT2D eigenvalue weighted by molar-refractivity contribution is -0.132. The zero-order valence-corrected chi connectivity index (χ0v) is 9.39. The third-order valence-electron chi connectivity index (χ3n) is 2.79. The zero-order valence-electron chi connectivity index (χ0n) is 9.39. The number of carboxylic acids is 1. The van der Waals surface area contributed by atoms with Crippen molar-refractivity contribution in [2.45, 2.75) is 32.7 Å². The third kappa shape index (κ3) is 2.72. The minimum Gasteiger partial charge on any atom is -0.478 e. The Hall–Kier alpha value is -1.58. The van der Waals surface area contributed by atoms with Crippen molar-refractivity contribution in [2.75, 3.05) is 0 Å². The number of aliphatic carboxylic acids is 1. The first kappa shape index (κ1) is 10.9. The third-order valence-corrected chi connectivity index (χ3v) is 2.79. The summed E-state index contributed by atoms with van der Waals surface area (Å²) in [6.07, 6.45) is 8.44. The molecule has 1 N–H and O–H groups in total. The van der Waals surface area contributed by atoms with Crippen LogP contribution in [-0.2, 0) is 11.3 Å². The maximum absolute atomic E-state index is 10.8. The van der Waals surface area contributed by atoms with Crippen molar-refractivity contribution >= 4 is 12.0 Å². The average molecular weight is 220 g/mol. The van der Waals surface area contributed by atoms with Gasteiger partial charge >= 0.3 is 5.97 Å². The van der Waals surface area contributed by atoms with Crippen molar-refractivity contribution in [3.05, 3.63) is 23.5 Å². The molecule has 0 saturated heterocycles. The molecule has 16 heavy (non-hydrogen) atoms. The van der Waals surface area contributed by atoms with Gasteiger partial charge in [0.05, 0.1) is 6.20 Å². The standard InChI is InChI=1S/C12H16N2O2/c1-2-11(12(15)16)5-10-6-13-14(8-10)7-9-3-4-9/h5-6,8-9H,2-4,7H2,1H3,(H,15,16)/b11-5+. The fraction of sp³-hybridized carbons (Fsp3) is 0.500. The van der Waals surface area contributed by atoms with E-state index in [9.17, 15) is 4.79 Å². The summed E-state index contributed by atoms with van der Waals surface area (Å²) < 4.78 is 1.90. The molecule has 2 rings (SSSR count). The highest BCUT2D eigenvalue weighted by Gasteiger charge is 2.21. The second kappa shape index (κ2) is 4.51. The van der Waals surface area contributed by atoms with Crippen LogP contribution in [-0.4, -0.2) is 20.9 Å². The number of carbonyl (C=O) groups is 1. The molecule has 86 valence electrons. The fourth-order valence-electron chi connectivity index (χ4n) is 1.64. The largest absolute Gasteiger partial charge is 0.478 e. The molecule has 1 fully saturated rings. The molecule has 0 atom stereocenters.